The normalized spacial score (nSPS) is 20.3. The monoisotopic (exact) mass is 506 g/mol. The second-order valence-corrected chi connectivity index (χ2v) is 10.2. The number of rotatable bonds is 1. The number of halogens is 3. The zero-order chi connectivity index (χ0) is 21.8. The molecule has 4 nitrogen and oxygen atoms in total. The molecular formula is C23H21BrCl2N2O2. The first-order valence-corrected chi connectivity index (χ1v) is 11.2. The highest BCUT2D eigenvalue weighted by Crippen LogP contribution is 2.51. The lowest BCUT2D eigenvalue weighted by Gasteiger charge is -2.37. The predicted molar refractivity (Wildman–Crippen MR) is 125 cm³/mol. The number of hydrogen-bond acceptors (Lipinski definition) is 3. The molecule has 0 saturated heterocycles. The fourth-order valence-corrected chi connectivity index (χ4v) is 5.47. The molecule has 1 amide bonds. The van der Waals surface area contributed by atoms with Crippen molar-refractivity contribution in [3.63, 3.8) is 0 Å². The van der Waals surface area contributed by atoms with Gasteiger partial charge in [-0.2, -0.15) is 0 Å². The molecule has 0 bridgehead atoms. The molecule has 1 unspecified atom stereocenters. The number of fused-ring (bicyclic) bond motifs is 1. The Morgan fingerprint density at radius 3 is 2.60 bits per heavy atom. The van der Waals surface area contributed by atoms with Crippen LogP contribution in [0, 0.1) is 5.41 Å². The van der Waals surface area contributed by atoms with Crippen LogP contribution < -0.4 is 10.2 Å². The van der Waals surface area contributed by atoms with Gasteiger partial charge in [0.05, 0.1) is 17.4 Å². The number of carbonyl (C=O) groups excluding carboxylic acids is 2. The highest BCUT2D eigenvalue weighted by molar-refractivity contribution is 9.10. The number of anilines is 2. The second-order valence-electron chi connectivity index (χ2n) is 8.55. The van der Waals surface area contributed by atoms with Crippen molar-refractivity contribution in [2.24, 2.45) is 5.41 Å². The lowest BCUT2D eigenvalue weighted by Crippen LogP contribution is -2.38. The van der Waals surface area contributed by atoms with Gasteiger partial charge in [0, 0.05) is 39.1 Å². The minimum absolute atomic E-state index is 0.0138. The number of nitrogens with zero attached hydrogens (tertiary/aromatic N) is 1. The SMILES string of the molecule is CC(=O)N1c2c(Br)cccc2NC2=C(C(=O)CC(C)(C)C2)C1c1ccc(Cl)cc1Cl. The molecule has 1 aliphatic heterocycles. The molecular weight excluding hydrogens is 487 g/mol. The number of nitrogens with one attached hydrogen (secondary N) is 1. The quantitative estimate of drug-likeness (QED) is 0.455. The van der Waals surface area contributed by atoms with Gasteiger partial charge in [0.15, 0.2) is 5.78 Å². The molecule has 2 aromatic carbocycles. The van der Waals surface area contributed by atoms with Gasteiger partial charge >= 0.3 is 0 Å². The van der Waals surface area contributed by atoms with Gasteiger partial charge < -0.3 is 5.32 Å². The fraction of sp³-hybridized carbons (Fsp3) is 0.304. The van der Waals surface area contributed by atoms with Crippen LogP contribution in [0.5, 0.6) is 0 Å². The Balaban J connectivity index is 2.07. The van der Waals surface area contributed by atoms with Crippen molar-refractivity contribution in [1.29, 1.82) is 0 Å². The van der Waals surface area contributed by atoms with E-state index in [9.17, 15) is 9.59 Å². The smallest absolute Gasteiger partial charge is 0.224 e. The van der Waals surface area contributed by atoms with Crippen LogP contribution in [0.4, 0.5) is 11.4 Å². The van der Waals surface area contributed by atoms with Crippen molar-refractivity contribution in [2.45, 2.75) is 39.7 Å². The predicted octanol–water partition coefficient (Wildman–Crippen LogP) is 6.92. The van der Waals surface area contributed by atoms with E-state index in [0.717, 1.165) is 15.9 Å². The molecule has 0 aromatic heterocycles. The first-order chi connectivity index (χ1) is 14.1. The van der Waals surface area contributed by atoms with Crippen molar-refractivity contribution >= 4 is 62.2 Å². The summed E-state index contributed by atoms with van der Waals surface area (Å²) in [4.78, 5) is 28.1. The van der Waals surface area contributed by atoms with Gasteiger partial charge in [0.1, 0.15) is 0 Å². The van der Waals surface area contributed by atoms with Gasteiger partial charge in [-0.3, -0.25) is 14.5 Å². The largest absolute Gasteiger partial charge is 0.357 e. The number of Topliss-reactive ketones (excluding diaryl/α,β-unsaturated/α-hetero) is 1. The number of allylic oxidation sites excluding steroid dienone is 1. The topological polar surface area (TPSA) is 49.4 Å². The van der Waals surface area contributed by atoms with Crippen LogP contribution in [0.2, 0.25) is 10.0 Å². The Bertz CT molecular complexity index is 1110. The molecule has 4 rings (SSSR count). The van der Waals surface area contributed by atoms with Gasteiger partial charge in [-0.05, 0) is 57.6 Å². The molecule has 2 aromatic rings. The third-order valence-electron chi connectivity index (χ3n) is 5.56. The van der Waals surface area contributed by atoms with E-state index in [4.69, 9.17) is 23.2 Å². The lowest BCUT2D eigenvalue weighted by atomic mass is 9.73. The Labute approximate surface area is 194 Å². The zero-order valence-corrected chi connectivity index (χ0v) is 20.0. The number of amides is 1. The van der Waals surface area contributed by atoms with Crippen LogP contribution in [0.25, 0.3) is 0 Å². The van der Waals surface area contributed by atoms with Gasteiger partial charge in [-0.25, -0.2) is 0 Å². The van der Waals surface area contributed by atoms with Gasteiger partial charge in [-0.15, -0.1) is 0 Å². The van der Waals surface area contributed by atoms with E-state index in [-0.39, 0.29) is 17.1 Å². The van der Waals surface area contributed by atoms with Crippen LogP contribution in [-0.2, 0) is 9.59 Å². The summed E-state index contributed by atoms with van der Waals surface area (Å²) in [5.74, 6) is -0.174. The summed E-state index contributed by atoms with van der Waals surface area (Å²) in [6.07, 6.45) is 1.09. The minimum atomic E-state index is -0.654. The number of benzene rings is 2. The first kappa shape index (κ1) is 21.4. The summed E-state index contributed by atoms with van der Waals surface area (Å²) in [6.45, 7) is 5.66. The molecule has 1 aliphatic carbocycles. The van der Waals surface area contributed by atoms with E-state index in [0.29, 0.717) is 39.7 Å². The molecule has 1 N–H and O–H groups in total. The van der Waals surface area contributed by atoms with Crippen molar-refractivity contribution in [3.8, 4) is 0 Å². The summed E-state index contributed by atoms with van der Waals surface area (Å²) in [7, 11) is 0. The standard InChI is InChI=1S/C23H21BrCl2N2O2/c1-12(29)28-21(14-8-7-13(25)9-16(14)26)20-18(10-23(2,3)11-19(20)30)27-17-6-4-5-15(24)22(17)28/h4-9,21,27H,10-11H2,1-3H3. The number of carbonyl (C=O) groups is 2. The van der Waals surface area contributed by atoms with Crippen LogP contribution in [0.15, 0.2) is 52.1 Å². The molecule has 2 aliphatic rings. The van der Waals surface area contributed by atoms with Gasteiger partial charge in [0.25, 0.3) is 0 Å². The molecule has 0 radical (unpaired) electrons. The lowest BCUT2D eigenvalue weighted by molar-refractivity contribution is -0.118. The van der Waals surface area contributed by atoms with E-state index in [1.807, 2.05) is 18.2 Å². The van der Waals surface area contributed by atoms with Crippen LogP contribution >= 0.6 is 39.1 Å². The maximum Gasteiger partial charge on any atom is 0.224 e. The Morgan fingerprint density at radius 2 is 1.93 bits per heavy atom. The first-order valence-electron chi connectivity index (χ1n) is 9.65. The van der Waals surface area contributed by atoms with Crippen LogP contribution in [0.1, 0.15) is 45.2 Å². The zero-order valence-electron chi connectivity index (χ0n) is 16.9. The minimum Gasteiger partial charge on any atom is -0.357 e. The maximum absolute atomic E-state index is 13.4. The Kier molecular flexibility index (Phi) is 5.50. The van der Waals surface area contributed by atoms with Gasteiger partial charge in [0.2, 0.25) is 5.91 Å². The maximum atomic E-state index is 13.4. The number of hydrogen-bond donors (Lipinski definition) is 1. The van der Waals surface area contributed by atoms with Crippen molar-refractivity contribution in [1.82, 2.24) is 0 Å². The van der Waals surface area contributed by atoms with Crippen molar-refractivity contribution in [2.75, 3.05) is 10.2 Å². The fourth-order valence-electron chi connectivity index (χ4n) is 4.40. The molecule has 0 fully saturated rings. The summed E-state index contributed by atoms with van der Waals surface area (Å²) in [6, 6.07) is 10.2. The second kappa shape index (κ2) is 7.70. The molecule has 1 heterocycles. The van der Waals surface area contributed by atoms with Crippen molar-refractivity contribution < 1.29 is 9.59 Å². The Hall–Kier alpha value is -1.82. The summed E-state index contributed by atoms with van der Waals surface area (Å²) < 4.78 is 0.754. The summed E-state index contributed by atoms with van der Waals surface area (Å²) in [5, 5.41) is 4.38. The third-order valence-corrected chi connectivity index (χ3v) is 6.76. The number of para-hydroxylation sites is 1. The molecule has 0 spiro atoms. The van der Waals surface area contributed by atoms with E-state index in [1.165, 1.54) is 6.92 Å². The molecule has 156 valence electrons. The molecule has 1 atom stereocenters. The average molecular weight is 508 g/mol. The molecule has 7 heteroatoms. The average Bonchev–Trinajstić information content (AvgIpc) is 2.75. The van der Waals surface area contributed by atoms with E-state index in [2.05, 4.69) is 35.1 Å². The van der Waals surface area contributed by atoms with Crippen molar-refractivity contribution in [3.05, 3.63) is 67.7 Å². The number of ketones is 1. The van der Waals surface area contributed by atoms with E-state index < -0.39 is 6.04 Å². The highest BCUT2D eigenvalue weighted by atomic mass is 79.9. The van der Waals surface area contributed by atoms with Crippen LogP contribution in [0.3, 0.4) is 0 Å². The van der Waals surface area contributed by atoms with Crippen LogP contribution in [-0.4, -0.2) is 11.7 Å². The van der Waals surface area contributed by atoms with E-state index >= 15 is 0 Å². The van der Waals surface area contributed by atoms with E-state index in [1.54, 1.807) is 23.1 Å². The summed E-state index contributed by atoms with van der Waals surface area (Å²) in [5.41, 5.74) is 3.34. The highest BCUT2D eigenvalue weighted by Gasteiger charge is 2.43. The van der Waals surface area contributed by atoms with Gasteiger partial charge in [-0.1, -0.05) is 49.2 Å². The Morgan fingerprint density at radius 1 is 1.20 bits per heavy atom. The summed E-state index contributed by atoms with van der Waals surface area (Å²) >= 11 is 16.3. The molecule has 0 saturated carbocycles. The third kappa shape index (κ3) is 3.68. The molecule has 30 heavy (non-hydrogen) atoms.